The van der Waals surface area contributed by atoms with Crippen molar-refractivity contribution in [2.75, 3.05) is 23.0 Å². The van der Waals surface area contributed by atoms with E-state index in [1.807, 2.05) is 0 Å². The molecule has 0 aromatic carbocycles. The van der Waals surface area contributed by atoms with E-state index in [9.17, 15) is 8.42 Å². The van der Waals surface area contributed by atoms with Crippen molar-refractivity contribution in [3.63, 3.8) is 0 Å². The number of aromatic nitrogens is 2. The molecule has 1 aliphatic heterocycles. The minimum atomic E-state index is -2.87. The van der Waals surface area contributed by atoms with E-state index in [0.29, 0.717) is 23.2 Å². The molecule has 1 aromatic heterocycles. The van der Waals surface area contributed by atoms with Crippen molar-refractivity contribution in [2.24, 2.45) is 0 Å². The second-order valence-corrected chi connectivity index (χ2v) is 7.14. The Morgan fingerprint density at radius 1 is 1.31 bits per heavy atom. The Hall–Kier alpha value is -1.02. The summed E-state index contributed by atoms with van der Waals surface area (Å²) in [5.41, 5.74) is 11.0. The molecule has 1 saturated heterocycles. The first-order valence-corrected chi connectivity index (χ1v) is 7.42. The molecule has 0 amide bonds. The van der Waals surface area contributed by atoms with Crippen LogP contribution in [0.1, 0.15) is 6.42 Å². The lowest BCUT2D eigenvalue weighted by Crippen LogP contribution is -2.08. The van der Waals surface area contributed by atoms with Gasteiger partial charge in [0.2, 0.25) is 0 Å². The normalized spacial score (nSPS) is 23.4. The van der Waals surface area contributed by atoms with Crippen molar-refractivity contribution in [2.45, 2.75) is 16.8 Å². The minimum absolute atomic E-state index is 0.00574. The summed E-state index contributed by atoms with van der Waals surface area (Å²) in [6.07, 6.45) is 0.630. The molecule has 8 heteroatoms. The highest BCUT2D eigenvalue weighted by atomic mass is 32.2. The third-order valence-electron chi connectivity index (χ3n) is 2.21. The summed E-state index contributed by atoms with van der Waals surface area (Å²) < 4.78 is 22.5. The second kappa shape index (κ2) is 4.10. The molecule has 0 bridgehead atoms. The van der Waals surface area contributed by atoms with E-state index in [1.165, 1.54) is 17.8 Å². The average Bonchev–Trinajstić information content (AvgIpc) is 2.43. The maximum absolute atomic E-state index is 11.3. The smallest absolute Gasteiger partial charge is 0.191 e. The van der Waals surface area contributed by atoms with Gasteiger partial charge >= 0.3 is 0 Å². The van der Waals surface area contributed by atoms with Gasteiger partial charge in [-0.05, 0) is 6.42 Å². The largest absolute Gasteiger partial charge is 0.383 e. The van der Waals surface area contributed by atoms with Gasteiger partial charge in [0.15, 0.2) is 15.0 Å². The van der Waals surface area contributed by atoms with Crippen molar-refractivity contribution >= 4 is 33.2 Å². The van der Waals surface area contributed by atoms with Crippen LogP contribution in [0.2, 0.25) is 0 Å². The number of hydrogen-bond donors (Lipinski definition) is 2. The summed E-state index contributed by atoms with van der Waals surface area (Å²) in [6, 6.07) is 1.47. The summed E-state index contributed by atoms with van der Waals surface area (Å²) in [5, 5.41) is 0.450. The van der Waals surface area contributed by atoms with Gasteiger partial charge in [0.1, 0.15) is 11.6 Å². The molecule has 1 aromatic rings. The number of sulfone groups is 1. The van der Waals surface area contributed by atoms with E-state index < -0.39 is 9.84 Å². The van der Waals surface area contributed by atoms with Crippen molar-refractivity contribution in [3.8, 4) is 0 Å². The molecule has 0 saturated carbocycles. The molecule has 6 nitrogen and oxygen atoms in total. The molecule has 1 atom stereocenters. The Kier molecular flexibility index (Phi) is 2.94. The van der Waals surface area contributed by atoms with Gasteiger partial charge in [-0.25, -0.2) is 18.4 Å². The summed E-state index contributed by atoms with van der Waals surface area (Å²) in [4.78, 5) is 8.00. The molecule has 88 valence electrons. The lowest BCUT2D eigenvalue weighted by atomic mass is 10.4. The molecule has 16 heavy (non-hydrogen) atoms. The highest BCUT2D eigenvalue weighted by Crippen LogP contribution is 2.29. The Labute approximate surface area is 97.8 Å². The molecule has 0 aliphatic carbocycles. The third kappa shape index (κ3) is 2.76. The topological polar surface area (TPSA) is 112 Å². The fourth-order valence-electron chi connectivity index (χ4n) is 1.52. The molecule has 1 fully saturated rings. The van der Waals surface area contributed by atoms with E-state index in [0.717, 1.165) is 0 Å². The Morgan fingerprint density at radius 3 is 2.44 bits per heavy atom. The van der Waals surface area contributed by atoms with Gasteiger partial charge in [-0.1, -0.05) is 11.8 Å². The number of nitrogen functional groups attached to an aromatic ring is 2. The van der Waals surface area contributed by atoms with Crippen LogP contribution in [-0.4, -0.2) is 35.1 Å². The zero-order chi connectivity index (χ0) is 11.8. The number of nitrogens with two attached hydrogens (primary N) is 2. The van der Waals surface area contributed by atoms with Crippen LogP contribution in [0.4, 0.5) is 11.6 Å². The fourth-order valence-corrected chi connectivity index (χ4v) is 4.95. The predicted octanol–water partition coefficient (Wildman–Crippen LogP) is -0.0798. The van der Waals surface area contributed by atoms with Gasteiger partial charge < -0.3 is 11.5 Å². The quantitative estimate of drug-likeness (QED) is 0.715. The molecule has 1 unspecified atom stereocenters. The fraction of sp³-hybridized carbons (Fsp3) is 0.500. The molecule has 0 radical (unpaired) electrons. The standard InChI is InChI=1S/C8H12N4O2S2/c9-6-3-7(10)12-8(11-6)15-5-1-2-16(13,14)4-5/h3,5H,1-2,4H2,(H4,9,10,11,12). The first kappa shape index (κ1) is 11.5. The van der Waals surface area contributed by atoms with Crippen LogP contribution in [-0.2, 0) is 9.84 Å². The Balaban J connectivity index is 2.10. The zero-order valence-electron chi connectivity index (χ0n) is 8.46. The summed E-state index contributed by atoms with van der Waals surface area (Å²) in [7, 11) is -2.87. The minimum Gasteiger partial charge on any atom is -0.383 e. The Bertz CT molecular complexity index is 483. The molecular formula is C8H12N4O2S2. The highest BCUT2D eigenvalue weighted by Gasteiger charge is 2.29. The maximum atomic E-state index is 11.3. The van der Waals surface area contributed by atoms with Gasteiger partial charge in [0.05, 0.1) is 11.5 Å². The number of thioether (sulfide) groups is 1. The number of rotatable bonds is 2. The van der Waals surface area contributed by atoms with E-state index in [-0.39, 0.29) is 16.8 Å². The number of hydrogen-bond acceptors (Lipinski definition) is 7. The van der Waals surface area contributed by atoms with E-state index in [4.69, 9.17) is 11.5 Å². The summed E-state index contributed by atoms with van der Waals surface area (Å²) in [5.74, 6) is 1.02. The summed E-state index contributed by atoms with van der Waals surface area (Å²) >= 11 is 1.32. The van der Waals surface area contributed by atoms with Crippen LogP contribution in [0, 0.1) is 0 Å². The van der Waals surface area contributed by atoms with Crippen molar-refractivity contribution < 1.29 is 8.42 Å². The lowest BCUT2D eigenvalue weighted by molar-refractivity contribution is 0.602. The SMILES string of the molecule is Nc1cc(N)nc(SC2CCS(=O)(=O)C2)n1. The van der Waals surface area contributed by atoms with Crippen molar-refractivity contribution in [1.82, 2.24) is 9.97 Å². The van der Waals surface area contributed by atoms with Crippen LogP contribution >= 0.6 is 11.8 Å². The van der Waals surface area contributed by atoms with Crippen molar-refractivity contribution in [3.05, 3.63) is 6.07 Å². The van der Waals surface area contributed by atoms with Crippen LogP contribution in [0.3, 0.4) is 0 Å². The van der Waals surface area contributed by atoms with Gasteiger partial charge in [0.25, 0.3) is 0 Å². The van der Waals surface area contributed by atoms with Gasteiger partial charge in [-0.2, -0.15) is 0 Å². The predicted molar refractivity (Wildman–Crippen MR) is 63.8 cm³/mol. The lowest BCUT2D eigenvalue weighted by Gasteiger charge is -2.06. The first-order valence-electron chi connectivity index (χ1n) is 4.72. The van der Waals surface area contributed by atoms with E-state index >= 15 is 0 Å². The molecule has 2 heterocycles. The number of anilines is 2. The Morgan fingerprint density at radius 2 is 1.94 bits per heavy atom. The number of nitrogens with zero attached hydrogens (tertiary/aromatic N) is 2. The monoisotopic (exact) mass is 260 g/mol. The van der Waals surface area contributed by atoms with E-state index in [1.54, 1.807) is 0 Å². The zero-order valence-corrected chi connectivity index (χ0v) is 10.1. The molecule has 4 N–H and O–H groups in total. The van der Waals surface area contributed by atoms with Crippen LogP contribution in [0.5, 0.6) is 0 Å². The van der Waals surface area contributed by atoms with Gasteiger partial charge in [-0.3, -0.25) is 0 Å². The first-order chi connectivity index (χ1) is 7.44. The molecule has 1 aliphatic rings. The molecule has 0 spiro atoms. The van der Waals surface area contributed by atoms with Gasteiger partial charge in [-0.15, -0.1) is 0 Å². The van der Waals surface area contributed by atoms with Crippen LogP contribution < -0.4 is 11.5 Å². The van der Waals surface area contributed by atoms with Crippen molar-refractivity contribution in [1.29, 1.82) is 0 Å². The van der Waals surface area contributed by atoms with Crippen LogP contribution in [0.15, 0.2) is 11.2 Å². The van der Waals surface area contributed by atoms with Gasteiger partial charge in [0, 0.05) is 11.3 Å². The van der Waals surface area contributed by atoms with Crippen LogP contribution in [0.25, 0.3) is 0 Å². The molecule has 2 rings (SSSR count). The maximum Gasteiger partial charge on any atom is 0.191 e. The average molecular weight is 260 g/mol. The second-order valence-electron chi connectivity index (χ2n) is 3.64. The summed E-state index contributed by atoms with van der Waals surface area (Å²) in [6.45, 7) is 0. The third-order valence-corrected chi connectivity index (χ3v) is 5.32. The molecular weight excluding hydrogens is 248 g/mol. The van der Waals surface area contributed by atoms with E-state index in [2.05, 4.69) is 9.97 Å². The highest BCUT2D eigenvalue weighted by molar-refractivity contribution is 8.01.